The van der Waals surface area contributed by atoms with Crippen LogP contribution in [0.15, 0.2) is 66.7 Å². The Kier molecular flexibility index (Phi) is 4.68. The number of hydrogen-bond donors (Lipinski definition) is 0. The molecule has 2 aliphatic rings. The van der Waals surface area contributed by atoms with Crippen molar-refractivity contribution < 1.29 is 19.1 Å². The van der Waals surface area contributed by atoms with Crippen molar-refractivity contribution in [3.63, 3.8) is 0 Å². The van der Waals surface area contributed by atoms with E-state index in [4.69, 9.17) is 14.3 Å². The number of esters is 1. The molecule has 0 amide bonds. The molecule has 1 atom stereocenters. The molecule has 0 aliphatic carbocycles. The summed E-state index contributed by atoms with van der Waals surface area (Å²) >= 11 is 0. The van der Waals surface area contributed by atoms with E-state index in [1.807, 2.05) is 66.7 Å². The second-order valence-electron chi connectivity index (χ2n) is 7.49. The summed E-state index contributed by atoms with van der Waals surface area (Å²) in [5, 5.41) is 3.82. The normalized spacial score (nSPS) is 18.3. The highest BCUT2D eigenvalue weighted by Crippen LogP contribution is 2.56. The molecular formula is C25H24N2O4. The standard InChI is InChI=1S/C25H24N2O4/c1-4-26(5-2)27(29-3)17-14-15-21-23(16-17)30-22-13-9-8-12-20(22)25(21)19-11-7-6-10-18(19)24(28)31-25/h6-16H,4-5H2,1-3H3. The highest BCUT2D eigenvalue weighted by molar-refractivity contribution is 5.97. The molecule has 31 heavy (non-hydrogen) atoms. The lowest BCUT2D eigenvalue weighted by Crippen LogP contribution is -2.42. The molecule has 6 heteroatoms. The third-order valence-electron chi connectivity index (χ3n) is 5.98. The van der Waals surface area contributed by atoms with Gasteiger partial charge in [-0.1, -0.05) is 50.2 Å². The third-order valence-corrected chi connectivity index (χ3v) is 5.98. The minimum atomic E-state index is -1.04. The van der Waals surface area contributed by atoms with Crippen LogP contribution in [0.4, 0.5) is 5.69 Å². The van der Waals surface area contributed by atoms with E-state index in [9.17, 15) is 4.79 Å². The third kappa shape index (κ3) is 2.76. The van der Waals surface area contributed by atoms with Gasteiger partial charge in [0.05, 0.1) is 18.4 Å². The number of carbonyl (C=O) groups excluding carboxylic acids is 1. The van der Waals surface area contributed by atoms with E-state index in [2.05, 4.69) is 18.9 Å². The maximum Gasteiger partial charge on any atom is 0.340 e. The number of hydrogen-bond acceptors (Lipinski definition) is 6. The molecule has 0 bridgehead atoms. The van der Waals surface area contributed by atoms with Crippen LogP contribution in [0, 0.1) is 0 Å². The van der Waals surface area contributed by atoms with Crippen LogP contribution in [0.1, 0.15) is 40.9 Å². The molecule has 158 valence electrons. The van der Waals surface area contributed by atoms with Crippen molar-refractivity contribution in [2.24, 2.45) is 0 Å². The van der Waals surface area contributed by atoms with Gasteiger partial charge in [0.15, 0.2) is 5.60 Å². The summed E-state index contributed by atoms with van der Waals surface area (Å²) in [5.41, 5.74) is 2.82. The van der Waals surface area contributed by atoms with Gasteiger partial charge in [0.25, 0.3) is 0 Å². The lowest BCUT2D eigenvalue weighted by molar-refractivity contribution is 0.0220. The quantitative estimate of drug-likeness (QED) is 0.437. The van der Waals surface area contributed by atoms with Crippen LogP contribution in [0.25, 0.3) is 0 Å². The predicted octanol–water partition coefficient (Wildman–Crippen LogP) is 4.88. The number of ether oxygens (including phenoxy) is 2. The van der Waals surface area contributed by atoms with Gasteiger partial charge in [-0.25, -0.2) is 4.79 Å². The second kappa shape index (κ2) is 7.41. The fourth-order valence-electron chi connectivity index (χ4n) is 4.60. The van der Waals surface area contributed by atoms with E-state index >= 15 is 0 Å². The minimum Gasteiger partial charge on any atom is -0.456 e. The van der Waals surface area contributed by atoms with E-state index in [0.29, 0.717) is 17.1 Å². The van der Waals surface area contributed by atoms with Crippen LogP contribution < -0.4 is 9.91 Å². The Morgan fingerprint density at radius 3 is 2.29 bits per heavy atom. The van der Waals surface area contributed by atoms with Crippen LogP contribution in [0.5, 0.6) is 11.5 Å². The van der Waals surface area contributed by atoms with Gasteiger partial charge >= 0.3 is 5.97 Å². The number of benzene rings is 3. The first kappa shape index (κ1) is 19.6. The smallest absolute Gasteiger partial charge is 0.340 e. The van der Waals surface area contributed by atoms with Gasteiger partial charge in [-0.2, -0.15) is 10.2 Å². The summed E-state index contributed by atoms with van der Waals surface area (Å²) < 4.78 is 12.5. The lowest BCUT2D eigenvalue weighted by atomic mass is 9.77. The summed E-state index contributed by atoms with van der Waals surface area (Å²) in [6, 6.07) is 21.1. The molecule has 0 aromatic heterocycles. The topological polar surface area (TPSA) is 51.2 Å². The largest absolute Gasteiger partial charge is 0.456 e. The van der Waals surface area contributed by atoms with Gasteiger partial charge in [-0.3, -0.25) is 4.84 Å². The van der Waals surface area contributed by atoms with Crippen LogP contribution in [-0.4, -0.2) is 31.2 Å². The fraction of sp³-hybridized carbons (Fsp3) is 0.240. The van der Waals surface area contributed by atoms with E-state index in [-0.39, 0.29) is 5.97 Å². The maximum absolute atomic E-state index is 12.8. The molecule has 3 aromatic carbocycles. The number of rotatable bonds is 5. The van der Waals surface area contributed by atoms with E-state index in [1.165, 1.54) is 0 Å². The summed E-state index contributed by atoms with van der Waals surface area (Å²) in [4.78, 5) is 18.5. The SMILES string of the molecule is CCN(CC)N(OC)c1ccc2c(c1)Oc1ccccc1C21OC(=O)c2ccccc21. The molecular weight excluding hydrogens is 392 g/mol. The first-order valence-corrected chi connectivity index (χ1v) is 10.5. The molecule has 5 rings (SSSR count). The maximum atomic E-state index is 12.8. The van der Waals surface area contributed by atoms with Crippen molar-refractivity contribution >= 4 is 11.7 Å². The second-order valence-corrected chi connectivity index (χ2v) is 7.49. The zero-order valence-corrected chi connectivity index (χ0v) is 17.8. The van der Waals surface area contributed by atoms with E-state index in [1.54, 1.807) is 12.3 Å². The summed E-state index contributed by atoms with van der Waals surface area (Å²) in [7, 11) is 1.64. The number of carbonyl (C=O) groups is 1. The first-order valence-electron chi connectivity index (χ1n) is 10.5. The number of anilines is 1. The van der Waals surface area contributed by atoms with Crippen molar-refractivity contribution in [2.75, 3.05) is 25.4 Å². The molecule has 0 saturated carbocycles. The molecule has 0 saturated heterocycles. The summed E-state index contributed by atoms with van der Waals surface area (Å²) in [5.74, 6) is 0.974. The van der Waals surface area contributed by atoms with Crippen LogP contribution in [0.3, 0.4) is 0 Å². The highest BCUT2D eigenvalue weighted by Gasteiger charge is 2.53. The van der Waals surface area contributed by atoms with Gasteiger partial charge in [0.1, 0.15) is 11.5 Å². The molecule has 0 radical (unpaired) electrons. The fourth-order valence-corrected chi connectivity index (χ4v) is 4.60. The van der Waals surface area contributed by atoms with Crippen molar-refractivity contribution in [1.29, 1.82) is 0 Å². The molecule has 1 spiro atoms. The van der Waals surface area contributed by atoms with Crippen LogP contribution in [-0.2, 0) is 15.2 Å². The molecule has 6 nitrogen and oxygen atoms in total. The molecule has 3 aromatic rings. The Labute approximate surface area is 181 Å². The van der Waals surface area contributed by atoms with Gasteiger partial charge in [-0.05, 0) is 24.3 Å². The average molecular weight is 416 g/mol. The van der Waals surface area contributed by atoms with Gasteiger partial charge in [-0.15, -0.1) is 0 Å². The molecule has 2 heterocycles. The molecule has 1 unspecified atom stereocenters. The monoisotopic (exact) mass is 416 g/mol. The highest BCUT2D eigenvalue weighted by atomic mass is 16.7. The zero-order chi connectivity index (χ0) is 21.6. The van der Waals surface area contributed by atoms with Crippen molar-refractivity contribution in [3.8, 4) is 11.5 Å². The molecule has 2 aliphatic heterocycles. The Bertz CT molecular complexity index is 1160. The van der Waals surface area contributed by atoms with Gasteiger partial charge in [0, 0.05) is 35.8 Å². The Hall–Kier alpha value is -3.35. The van der Waals surface area contributed by atoms with E-state index in [0.717, 1.165) is 35.5 Å². The van der Waals surface area contributed by atoms with Gasteiger partial charge in [0.2, 0.25) is 0 Å². The zero-order valence-electron chi connectivity index (χ0n) is 17.8. The Balaban J connectivity index is 1.73. The number of para-hydroxylation sites is 1. The average Bonchev–Trinajstić information content (AvgIpc) is 3.10. The minimum absolute atomic E-state index is 0.330. The molecule has 0 N–H and O–H groups in total. The van der Waals surface area contributed by atoms with Gasteiger partial charge < -0.3 is 9.47 Å². The Morgan fingerprint density at radius 1 is 0.871 bits per heavy atom. The van der Waals surface area contributed by atoms with E-state index < -0.39 is 5.60 Å². The van der Waals surface area contributed by atoms with Crippen LogP contribution in [0.2, 0.25) is 0 Å². The van der Waals surface area contributed by atoms with Crippen molar-refractivity contribution in [1.82, 2.24) is 5.01 Å². The number of hydrazine groups is 1. The van der Waals surface area contributed by atoms with Crippen molar-refractivity contribution in [2.45, 2.75) is 19.4 Å². The summed E-state index contributed by atoms with van der Waals surface area (Å²) in [6.07, 6.45) is 0. The lowest BCUT2D eigenvalue weighted by Gasteiger charge is -2.38. The summed E-state index contributed by atoms with van der Waals surface area (Å²) in [6.45, 7) is 5.73. The molecule has 0 fully saturated rings. The van der Waals surface area contributed by atoms with Crippen LogP contribution >= 0.6 is 0 Å². The predicted molar refractivity (Wildman–Crippen MR) is 117 cm³/mol. The first-order chi connectivity index (χ1) is 15.1. The Morgan fingerprint density at radius 2 is 1.55 bits per heavy atom. The number of fused-ring (bicyclic) bond motifs is 6. The number of nitrogens with zero attached hydrogens (tertiary/aromatic N) is 2. The van der Waals surface area contributed by atoms with Crippen molar-refractivity contribution in [3.05, 3.63) is 89.0 Å².